The van der Waals surface area contributed by atoms with Crippen molar-refractivity contribution >= 4 is 45.0 Å². The molecule has 2 unspecified atom stereocenters. The van der Waals surface area contributed by atoms with Crippen LogP contribution >= 0.6 is 22.9 Å². The molecular formula is C24H23ClN4O3S. The van der Waals surface area contributed by atoms with Gasteiger partial charge in [-0.1, -0.05) is 11.6 Å². The number of carbonyl (C=O) groups is 2. The van der Waals surface area contributed by atoms with Crippen LogP contribution in [-0.2, 0) is 16.1 Å². The number of amides is 2. The van der Waals surface area contributed by atoms with Gasteiger partial charge in [0.1, 0.15) is 18.2 Å². The lowest BCUT2D eigenvalue weighted by Gasteiger charge is -2.26. The smallest absolute Gasteiger partial charge is 0.233 e. The average molecular weight is 483 g/mol. The summed E-state index contributed by atoms with van der Waals surface area (Å²) in [6.45, 7) is 4.11. The van der Waals surface area contributed by atoms with Crippen LogP contribution in [0.3, 0.4) is 0 Å². The average Bonchev–Trinajstić information content (AvgIpc) is 3.44. The molecule has 3 aliphatic rings. The van der Waals surface area contributed by atoms with Gasteiger partial charge in [0.2, 0.25) is 11.8 Å². The van der Waals surface area contributed by atoms with Gasteiger partial charge in [-0.05, 0) is 56.5 Å². The Balaban J connectivity index is 1.38. The standard InChI is InChI=1S/C24H23ClN4O3S/c1-12-5-13(25)6-18(21(12)32-14-3-2-4-26-9-14)20-22-19(27-11-28-20)7-15(33-22)10-29-23(30)16-8-17(16)24(29)31/h5-7,11,14,16-17,26H,2-4,8-10H2,1H3/t14-,16?,17?/m0/s1. The van der Waals surface area contributed by atoms with Crippen LogP contribution in [0.15, 0.2) is 24.5 Å². The third-order valence-corrected chi connectivity index (χ3v) is 8.00. The summed E-state index contributed by atoms with van der Waals surface area (Å²) in [5, 5.41) is 4.01. The van der Waals surface area contributed by atoms with Crippen LogP contribution in [-0.4, -0.2) is 45.9 Å². The molecule has 1 aliphatic carbocycles. The van der Waals surface area contributed by atoms with Gasteiger partial charge in [-0.2, -0.15) is 0 Å². The number of halogens is 1. The fourth-order valence-electron chi connectivity index (χ4n) is 4.88. The van der Waals surface area contributed by atoms with Crippen LogP contribution < -0.4 is 10.1 Å². The molecular weight excluding hydrogens is 460 g/mol. The summed E-state index contributed by atoms with van der Waals surface area (Å²) in [5.74, 6) is 0.511. The van der Waals surface area contributed by atoms with Gasteiger partial charge in [0, 0.05) is 22.0 Å². The Morgan fingerprint density at radius 2 is 2.03 bits per heavy atom. The van der Waals surface area contributed by atoms with Crippen LogP contribution in [0, 0.1) is 18.8 Å². The fourth-order valence-corrected chi connectivity index (χ4v) is 6.26. The quantitative estimate of drug-likeness (QED) is 0.554. The monoisotopic (exact) mass is 482 g/mol. The predicted octanol–water partition coefficient (Wildman–Crippen LogP) is 3.96. The summed E-state index contributed by atoms with van der Waals surface area (Å²) in [6, 6.07) is 5.74. The van der Waals surface area contributed by atoms with E-state index in [2.05, 4.69) is 15.3 Å². The Labute approximate surface area is 200 Å². The Hall–Kier alpha value is -2.55. The molecule has 7 nitrogen and oxygen atoms in total. The zero-order chi connectivity index (χ0) is 22.7. The summed E-state index contributed by atoms with van der Waals surface area (Å²) >= 11 is 7.95. The number of aryl methyl sites for hydroxylation is 1. The van der Waals surface area contributed by atoms with E-state index in [0.29, 0.717) is 11.4 Å². The van der Waals surface area contributed by atoms with Gasteiger partial charge in [-0.15, -0.1) is 11.3 Å². The van der Waals surface area contributed by atoms with E-state index in [-0.39, 0.29) is 36.3 Å². The molecule has 3 atom stereocenters. The van der Waals surface area contributed by atoms with Crippen LogP contribution in [0.2, 0.25) is 5.02 Å². The minimum Gasteiger partial charge on any atom is -0.488 e. The first-order valence-corrected chi connectivity index (χ1v) is 12.5. The van der Waals surface area contributed by atoms with E-state index in [1.807, 2.05) is 25.1 Å². The highest BCUT2D eigenvalue weighted by molar-refractivity contribution is 7.19. The molecule has 2 aromatic heterocycles. The van der Waals surface area contributed by atoms with E-state index < -0.39 is 0 Å². The van der Waals surface area contributed by atoms with E-state index in [4.69, 9.17) is 16.3 Å². The maximum absolute atomic E-state index is 12.4. The lowest BCUT2D eigenvalue weighted by Crippen LogP contribution is -2.37. The second kappa shape index (κ2) is 8.04. The lowest BCUT2D eigenvalue weighted by molar-refractivity contribution is -0.141. The molecule has 0 radical (unpaired) electrons. The fraction of sp³-hybridized carbons (Fsp3) is 0.417. The topological polar surface area (TPSA) is 84.4 Å². The third-order valence-electron chi connectivity index (χ3n) is 6.66. The van der Waals surface area contributed by atoms with Crippen molar-refractivity contribution in [1.82, 2.24) is 20.2 Å². The van der Waals surface area contributed by atoms with Gasteiger partial charge >= 0.3 is 0 Å². The molecule has 4 heterocycles. The highest BCUT2D eigenvalue weighted by Gasteiger charge is 2.58. The molecule has 2 aliphatic heterocycles. The lowest BCUT2D eigenvalue weighted by atomic mass is 10.0. The molecule has 1 saturated carbocycles. The maximum Gasteiger partial charge on any atom is 0.233 e. The molecule has 2 amide bonds. The van der Waals surface area contributed by atoms with Crippen molar-refractivity contribution in [2.75, 3.05) is 13.1 Å². The summed E-state index contributed by atoms with van der Waals surface area (Å²) in [7, 11) is 0. The number of likely N-dealkylation sites (tertiary alicyclic amines) is 1. The number of piperidine rings is 2. The number of imide groups is 1. The van der Waals surface area contributed by atoms with E-state index in [1.54, 1.807) is 0 Å². The van der Waals surface area contributed by atoms with E-state index >= 15 is 0 Å². The molecule has 3 aromatic rings. The van der Waals surface area contributed by atoms with Crippen LogP contribution in [0.1, 0.15) is 29.7 Å². The molecule has 9 heteroatoms. The van der Waals surface area contributed by atoms with Crippen molar-refractivity contribution in [3.63, 3.8) is 0 Å². The number of nitrogens with one attached hydrogen (secondary N) is 1. The Bertz CT molecular complexity index is 1270. The molecule has 0 bridgehead atoms. The van der Waals surface area contributed by atoms with E-state index in [9.17, 15) is 9.59 Å². The highest BCUT2D eigenvalue weighted by atomic mass is 35.5. The number of hydrogen-bond acceptors (Lipinski definition) is 7. The summed E-state index contributed by atoms with van der Waals surface area (Å²) < 4.78 is 7.35. The van der Waals surface area contributed by atoms with Crippen molar-refractivity contribution < 1.29 is 14.3 Å². The van der Waals surface area contributed by atoms with Crippen LogP contribution in [0.25, 0.3) is 21.5 Å². The zero-order valence-electron chi connectivity index (χ0n) is 18.1. The minimum atomic E-state index is -0.0920. The summed E-state index contributed by atoms with van der Waals surface area (Å²) in [5.41, 5.74) is 3.33. The maximum atomic E-state index is 12.4. The van der Waals surface area contributed by atoms with Crippen molar-refractivity contribution in [2.24, 2.45) is 11.8 Å². The van der Waals surface area contributed by atoms with Gasteiger partial charge in [0.25, 0.3) is 0 Å². The number of benzene rings is 1. The number of aromatic nitrogens is 2. The number of thiophene rings is 1. The SMILES string of the molecule is Cc1cc(Cl)cc(-c2ncnc3cc(CN4C(=O)C5CC5C4=O)sc23)c1O[C@H]1CCCNC1. The van der Waals surface area contributed by atoms with Gasteiger partial charge in [-0.25, -0.2) is 9.97 Å². The van der Waals surface area contributed by atoms with Gasteiger partial charge in [0.15, 0.2) is 0 Å². The first-order chi connectivity index (χ1) is 16.0. The molecule has 170 valence electrons. The number of rotatable bonds is 5. The van der Waals surface area contributed by atoms with E-state index in [1.165, 1.54) is 22.6 Å². The van der Waals surface area contributed by atoms with Gasteiger partial charge in [-0.3, -0.25) is 14.5 Å². The molecule has 3 fully saturated rings. The highest BCUT2D eigenvalue weighted by Crippen LogP contribution is 2.48. The number of carbonyl (C=O) groups excluding carboxylic acids is 2. The molecule has 1 N–H and O–H groups in total. The molecule has 33 heavy (non-hydrogen) atoms. The third kappa shape index (κ3) is 3.70. The summed E-state index contributed by atoms with van der Waals surface area (Å²) in [4.78, 5) is 36.2. The Kier molecular flexibility index (Phi) is 5.12. The van der Waals surface area contributed by atoms with Crippen LogP contribution in [0.4, 0.5) is 0 Å². The molecule has 1 aromatic carbocycles. The van der Waals surface area contributed by atoms with Crippen molar-refractivity contribution in [3.8, 4) is 17.0 Å². The molecule has 6 rings (SSSR count). The Morgan fingerprint density at radius 1 is 1.21 bits per heavy atom. The normalized spacial score (nSPS) is 24.4. The van der Waals surface area contributed by atoms with Crippen molar-refractivity contribution in [1.29, 1.82) is 0 Å². The minimum absolute atomic E-state index is 0.0454. The molecule has 2 saturated heterocycles. The second-order valence-corrected chi connectivity index (χ2v) is 10.6. The van der Waals surface area contributed by atoms with Gasteiger partial charge in [0.05, 0.1) is 34.3 Å². The molecule has 0 spiro atoms. The number of ether oxygens (including phenoxy) is 1. The van der Waals surface area contributed by atoms with E-state index in [0.717, 1.165) is 63.6 Å². The number of hydrogen-bond donors (Lipinski definition) is 1. The summed E-state index contributed by atoms with van der Waals surface area (Å²) in [6.07, 6.45) is 4.42. The second-order valence-electron chi connectivity index (χ2n) is 9.05. The predicted molar refractivity (Wildman–Crippen MR) is 126 cm³/mol. The van der Waals surface area contributed by atoms with Crippen LogP contribution in [0.5, 0.6) is 5.75 Å². The Morgan fingerprint density at radius 3 is 2.79 bits per heavy atom. The van der Waals surface area contributed by atoms with Crippen molar-refractivity contribution in [2.45, 2.75) is 38.8 Å². The van der Waals surface area contributed by atoms with Crippen molar-refractivity contribution in [3.05, 3.63) is 40.0 Å². The van der Waals surface area contributed by atoms with Gasteiger partial charge < -0.3 is 10.1 Å². The number of nitrogens with zero attached hydrogens (tertiary/aromatic N) is 3. The largest absolute Gasteiger partial charge is 0.488 e. The first kappa shape index (κ1) is 21.0. The first-order valence-electron chi connectivity index (χ1n) is 11.3. The number of fused-ring (bicyclic) bond motifs is 2. The zero-order valence-corrected chi connectivity index (χ0v) is 19.7.